The molecule has 0 amide bonds. The number of allylic oxidation sites excluding steroid dienone is 1. The molecule has 1 heterocycles. The van der Waals surface area contributed by atoms with Crippen molar-refractivity contribution in [3.63, 3.8) is 0 Å². The summed E-state index contributed by atoms with van der Waals surface area (Å²) in [5, 5.41) is 0. The van der Waals surface area contributed by atoms with Crippen molar-refractivity contribution in [1.82, 2.24) is 0 Å². The molecule has 0 aromatic rings. The van der Waals surface area contributed by atoms with Gasteiger partial charge in [0.05, 0.1) is 6.54 Å². The van der Waals surface area contributed by atoms with E-state index in [0.717, 1.165) is 17.0 Å². The summed E-state index contributed by atoms with van der Waals surface area (Å²) in [6.07, 6.45) is 0. The van der Waals surface area contributed by atoms with E-state index in [1.165, 1.54) is 0 Å². The summed E-state index contributed by atoms with van der Waals surface area (Å²) in [4.78, 5) is 4.12. The summed E-state index contributed by atoms with van der Waals surface area (Å²) in [7, 11) is 0. The second kappa shape index (κ2) is 1.62. The molecule has 1 rings (SSSR count). The average Bonchev–Trinajstić information content (AvgIpc) is 1.98. The maximum absolute atomic E-state index is 5.53. The summed E-state index contributed by atoms with van der Waals surface area (Å²) >= 11 is 0. The highest BCUT2D eigenvalue weighted by atomic mass is 14.8. The van der Waals surface area contributed by atoms with Crippen LogP contribution in [-0.2, 0) is 0 Å². The van der Waals surface area contributed by atoms with Gasteiger partial charge in [-0.25, -0.2) is 0 Å². The van der Waals surface area contributed by atoms with Crippen LogP contribution in [0.5, 0.6) is 0 Å². The molecule has 0 unspecified atom stereocenters. The van der Waals surface area contributed by atoms with E-state index in [1.54, 1.807) is 0 Å². The van der Waals surface area contributed by atoms with Crippen LogP contribution in [0.2, 0.25) is 0 Å². The summed E-state index contributed by atoms with van der Waals surface area (Å²) in [5.74, 6) is 0. The first kappa shape index (κ1) is 5.35. The zero-order chi connectivity index (χ0) is 6.15. The van der Waals surface area contributed by atoms with Gasteiger partial charge < -0.3 is 5.73 Å². The van der Waals surface area contributed by atoms with E-state index < -0.39 is 0 Å². The van der Waals surface area contributed by atoms with Crippen LogP contribution in [0.4, 0.5) is 0 Å². The van der Waals surface area contributed by atoms with Crippen LogP contribution < -0.4 is 5.73 Å². The van der Waals surface area contributed by atoms with Crippen LogP contribution in [0, 0.1) is 0 Å². The van der Waals surface area contributed by atoms with Gasteiger partial charge in [0.1, 0.15) is 0 Å². The van der Waals surface area contributed by atoms with Crippen molar-refractivity contribution in [1.29, 1.82) is 0 Å². The van der Waals surface area contributed by atoms with Gasteiger partial charge in [0.25, 0.3) is 0 Å². The second-order valence-corrected chi connectivity index (χ2v) is 2.05. The number of hydrogen-bond donors (Lipinski definition) is 1. The summed E-state index contributed by atoms with van der Waals surface area (Å²) in [6, 6.07) is 0. The fourth-order valence-electron chi connectivity index (χ4n) is 0.673. The topological polar surface area (TPSA) is 38.4 Å². The molecule has 0 saturated heterocycles. The summed E-state index contributed by atoms with van der Waals surface area (Å²) in [6.45, 7) is 4.69. The molecule has 1 aliphatic rings. The lowest BCUT2D eigenvalue weighted by molar-refractivity contribution is 1.13. The predicted octanol–water partition coefficient (Wildman–Crippen LogP) is 0.694. The maximum atomic E-state index is 5.53. The van der Waals surface area contributed by atoms with Gasteiger partial charge in [0.2, 0.25) is 0 Å². The Morgan fingerprint density at radius 2 is 2.12 bits per heavy atom. The van der Waals surface area contributed by atoms with Crippen LogP contribution in [0.15, 0.2) is 16.3 Å². The Morgan fingerprint density at radius 3 is 2.25 bits per heavy atom. The third kappa shape index (κ3) is 0.619. The third-order valence-corrected chi connectivity index (χ3v) is 1.51. The Labute approximate surface area is 49.1 Å². The lowest BCUT2D eigenvalue weighted by atomic mass is 10.2. The van der Waals surface area contributed by atoms with E-state index in [4.69, 9.17) is 5.73 Å². The summed E-state index contributed by atoms with van der Waals surface area (Å²) < 4.78 is 0. The highest BCUT2D eigenvalue weighted by Crippen LogP contribution is 2.08. The van der Waals surface area contributed by atoms with Crippen LogP contribution in [-0.4, -0.2) is 12.3 Å². The average molecular weight is 110 g/mol. The predicted molar refractivity (Wildman–Crippen MR) is 34.9 cm³/mol. The first-order valence-electron chi connectivity index (χ1n) is 2.68. The molecule has 0 aromatic heterocycles. The van der Waals surface area contributed by atoms with Gasteiger partial charge in [-0.05, 0) is 19.4 Å². The number of nitrogens with zero attached hydrogens (tertiary/aromatic N) is 1. The van der Waals surface area contributed by atoms with Crippen molar-refractivity contribution >= 4 is 5.71 Å². The molecule has 0 bridgehead atoms. The van der Waals surface area contributed by atoms with Gasteiger partial charge in [0, 0.05) is 11.4 Å². The molecule has 2 nitrogen and oxygen atoms in total. The molecule has 0 radical (unpaired) electrons. The third-order valence-electron chi connectivity index (χ3n) is 1.51. The van der Waals surface area contributed by atoms with Crippen molar-refractivity contribution in [3.05, 3.63) is 11.3 Å². The second-order valence-electron chi connectivity index (χ2n) is 2.05. The minimum atomic E-state index is 0.706. The van der Waals surface area contributed by atoms with Crippen LogP contribution in [0.1, 0.15) is 13.8 Å². The van der Waals surface area contributed by atoms with E-state index in [0.29, 0.717) is 6.54 Å². The first-order chi connectivity index (χ1) is 3.72. The van der Waals surface area contributed by atoms with E-state index in [1.807, 2.05) is 13.8 Å². The van der Waals surface area contributed by atoms with Crippen molar-refractivity contribution in [2.45, 2.75) is 13.8 Å². The van der Waals surface area contributed by atoms with Gasteiger partial charge >= 0.3 is 0 Å². The normalized spacial score (nSPS) is 19.5. The molecule has 0 aliphatic carbocycles. The van der Waals surface area contributed by atoms with Crippen molar-refractivity contribution in [2.75, 3.05) is 6.54 Å². The molecule has 8 heavy (non-hydrogen) atoms. The van der Waals surface area contributed by atoms with Gasteiger partial charge in [-0.2, -0.15) is 0 Å². The molecular formula is C6H10N2. The number of rotatable bonds is 0. The largest absolute Gasteiger partial charge is 0.400 e. The number of hydrogen-bond acceptors (Lipinski definition) is 2. The zero-order valence-corrected chi connectivity index (χ0v) is 5.23. The smallest absolute Gasteiger partial charge is 0.0790 e. The number of aliphatic imine (C=N–C) groups is 1. The zero-order valence-electron chi connectivity index (χ0n) is 5.23. The Kier molecular flexibility index (Phi) is 1.08. The van der Waals surface area contributed by atoms with Gasteiger partial charge in [-0.15, -0.1) is 0 Å². The lowest BCUT2D eigenvalue weighted by Crippen LogP contribution is -2.00. The van der Waals surface area contributed by atoms with E-state index in [2.05, 4.69) is 4.99 Å². The standard InChI is InChI=1S/C6H10N2/c1-4-5(2)8-3-6(4)7/h3,7H2,1-2H3. The van der Waals surface area contributed by atoms with Crippen LogP contribution in [0.25, 0.3) is 0 Å². The van der Waals surface area contributed by atoms with Gasteiger partial charge in [0.15, 0.2) is 0 Å². The molecule has 0 saturated carbocycles. The Hall–Kier alpha value is -0.790. The highest BCUT2D eigenvalue weighted by Gasteiger charge is 2.06. The van der Waals surface area contributed by atoms with E-state index in [9.17, 15) is 0 Å². The van der Waals surface area contributed by atoms with Crippen molar-refractivity contribution in [2.24, 2.45) is 10.7 Å². The molecular weight excluding hydrogens is 100 g/mol. The molecule has 2 N–H and O–H groups in total. The molecule has 44 valence electrons. The maximum Gasteiger partial charge on any atom is 0.0790 e. The quantitative estimate of drug-likeness (QED) is 0.489. The van der Waals surface area contributed by atoms with Crippen molar-refractivity contribution < 1.29 is 0 Å². The van der Waals surface area contributed by atoms with Crippen LogP contribution >= 0.6 is 0 Å². The van der Waals surface area contributed by atoms with Crippen LogP contribution in [0.3, 0.4) is 0 Å². The monoisotopic (exact) mass is 110 g/mol. The molecule has 2 heteroatoms. The van der Waals surface area contributed by atoms with Gasteiger partial charge in [-0.1, -0.05) is 0 Å². The molecule has 0 spiro atoms. The summed E-state index contributed by atoms with van der Waals surface area (Å²) in [5.41, 5.74) is 8.70. The molecule has 0 aromatic carbocycles. The van der Waals surface area contributed by atoms with E-state index >= 15 is 0 Å². The van der Waals surface area contributed by atoms with Gasteiger partial charge in [-0.3, -0.25) is 4.99 Å². The minimum absolute atomic E-state index is 0.706. The Morgan fingerprint density at radius 1 is 1.50 bits per heavy atom. The molecule has 0 atom stereocenters. The van der Waals surface area contributed by atoms with Crippen molar-refractivity contribution in [3.8, 4) is 0 Å². The number of nitrogens with two attached hydrogens (primary N) is 1. The fraction of sp³-hybridized carbons (Fsp3) is 0.500. The minimum Gasteiger partial charge on any atom is -0.400 e. The fourth-order valence-corrected chi connectivity index (χ4v) is 0.673. The van der Waals surface area contributed by atoms with E-state index in [-0.39, 0.29) is 0 Å². The Balaban J connectivity index is 2.88. The lowest BCUT2D eigenvalue weighted by Gasteiger charge is -1.90. The Bertz CT molecular complexity index is 160. The molecule has 0 fully saturated rings. The molecule has 1 aliphatic heterocycles. The SMILES string of the molecule is CC1=NCC(N)=C1C. The first-order valence-corrected chi connectivity index (χ1v) is 2.68. The highest BCUT2D eigenvalue weighted by molar-refractivity contribution is 6.00.